The Kier molecular flexibility index (Phi) is 5.23. The van der Waals surface area contributed by atoms with Gasteiger partial charge >= 0.3 is 0 Å². The van der Waals surface area contributed by atoms with Crippen molar-refractivity contribution in [2.45, 2.75) is 25.4 Å². The lowest BCUT2D eigenvalue weighted by Crippen LogP contribution is -2.38. The van der Waals surface area contributed by atoms with Crippen molar-refractivity contribution in [3.8, 4) is 11.4 Å². The number of benzene rings is 1. The Labute approximate surface area is 162 Å². The monoisotopic (exact) mass is 386 g/mol. The largest absolute Gasteiger partial charge is 0.328 e. The summed E-state index contributed by atoms with van der Waals surface area (Å²) >= 11 is 0. The Morgan fingerprint density at radius 3 is 2.68 bits per heavy atom. The number of fused-ring (bicyclic) bond motifs is 1. The molecule has 1 saturated heterocycles. The minimum atomic E-state index is -0.808. The highest BCUT2D eigenvalue weighted by Crippen LogP contribution is 2.34. The van der Waals surface area contributed by atoms with Crippen LogP contribution in [0.15, 0.2) is 36.8 Å². The molecule has 0 saturated carbocycles. The van der Waals surface area contributed by atoms with E-state index in [9.17, 15) is 8.78 Å². The second-order valence-corrected chi connectivity index (χ2v) is 7.29. The van der Waals surface area contributed by atoms with Gasteiger partial charge in [-0.15, -0.1) is 0 Å². The Balaban J connectivity index is 1.44. The third kappa shape index (κ3) is 3.57. The summed E-state index contributed by atoms with van der Waals surface area (Å²) in [5, 5.41) is 0. The maximum Gasteiger partial charge on any atom is 0.162 e. The molecule has 1 aromatic rings. The molecule has 1 unspecified atom stereocenters. The highest BCUT2D eigenvalue weighted by Gasteiger charge is 2.30. The third-order valence-electron chi connectivity index (χ3n) is 5.60. The SMILES string of the molecule is CNn1cnc2nccc-2c1C(N)C1CCN(Cc2ccc(F)c(F)c2)CC1. The highest BCUT2D eigenvalue weighted by molar-refractivity contribution is 5.60. The topological polar surface area (TPSA) is 72.0 Å². The predicted molar refractivity (Wildman–Crippen MR) is 103 cm³/mol. The summed E-state index contributed by atoms with van der Waals surface area (Å²) in [5.74, 6) is -0.581. The lowest BCUT2D eigenvalue weighted by Gasteiger charge is -2.36. The maximum absolute atomic E-state index is 13.4. The predicted octanol–water partition coefficient (Wildman–Crippen LogP) is 2.75. The molecule has 0 spiro atoms. The van der Waals surface area contributed by atoms with E-state index in [4.69, 9.17) is 5.73 Å². The summed E-state index contributed by atoms with van der Waals surface area (Å²) in [6.07, 6.45) is 5.33. The van der Waals surface area contributed by atoms with Crippen LogP contribution >= 0.6 is 0 Å². The fourth-order valence-corrected chi connectivity index (χ4v) is 4.04. The minimum absolute atomic E-state index is 0.146. The Morgan fingerprint density at radius 1 is 1.18 bits per heavy atom. The second-order valence-electron chi connectivity index (χ2n) is 7.29. The lowest BCUT2D eigenvalue weighted by molar-refractivity contribution is 0.161. The molecule has 148 valence electrons. The molecule has 1 atom stereocenters. The standard InChI is InChI=1S/C20H24F2N6/c1-24-28-12-26-20-15(4-7-25-20)19(28)18(23)14-5-8-27(9-6-14)11-13-2-3-16(21)17(22)10-13/h2-4,7,10,12,14,18,24H,5-6,8-9,11,23H2,1H3. The summed E-state index contributed by atoms with van der Waals surface area (Å²) in [4.78, 5) is 10.9. The van der Waals surface area contributed by atoms with Crippen LogP contribution in [0, 0.1) is 17.6 Å². The van der Waals surface area contributed by atoms with Gasteiger partial charge in [-0.25, -0.2) is 18.7 Å². The summed E-state index contributed by atoms with van der Waals surface area (Å²) in [5.41, 5.74) is 12.5. The first kappa shape index (κ1) is 18.8. The van der Waals surface area contributed by atoms with Gasteiger partial charge in [-0.2, -0.15) is 0 Å². The van der Waals surface area contributed by atoms with Gasteiger partial charge in [0, 0.05) is 25.4 Å². The van der Waals surface area contributed by atoms with Crippen LogP contribution in [-0.2, 0) is 6.54 Å². The van der Waals surface area contributed by atoms with Gasteiger partial charge in [0.15, 0.2) is 17.5 Å². The molecule has 8 heteroatoms. The van der Waals surface area contributed by atoms with E-state index in [-0.39, 0.29) is 6.04 Å². The molecule has 0 aliphatic carbocycles. The zero-order chi connectivity index (χ0) is 19.7. The minimum Gasteiger partial charge on any atom is -0.328 e. The normalized spacial score (nSPS) is 17.1. The van der Waals surface area contributed by atoms with Gasteiger partial charge in [0.25, 0.3) is 0 Å². The molecule has 0 bridgehead atoms. The second kappa shape index (κ2) is 7.81. The first-order chi connectivity index (χ1) is 13.6. The fraction of sp³-hybridized carbons (Fsp3) is 0.400. The molecule has 0 amide bonds. The van der Waals surface area contributed by atoms with Crippen molar-refractivity contribution in [1.82, 2.24) is 19.5 Å². The van der Waals surface area contributed by atoms with Crippen LogP contribution in [0.25, 0.3) is 11.4 Å². The number of aromatic nitrogens is 3. The quantitative estimate of drug-likeness (QED) is 0.706. The van der Waals surface area contributed by atoms with E-state index in [0.717, 1.165) is 42.8 Å². The molecule has 4 rings (SSSR count). The molecule has 0 radical (unpaired) electrons. The summed E-state index contributed by atoms with van der Waals surface area (Å²) in [6.45, 7) is 2.34. The van der Waals surface area contributed by atoms with Crippen molar-refractivity contribution in [3.63, 3.8) is 0 Å². The molecule has 28 heavy (non-hydrogen) atoms. The third-order valence-corrected chi connectivity index (χ3v) is 5.60. The van der Waals surface area contributed by atoms with E-state index in [0.29, 0.717) is 18.3 Å². The Morgan fingerprint density at radius 2 is 1.96 bits per heavy atom. The van der Waals surface area contributed by atoms with Gasteiger partial charge in [-0.05, 0) is 55.6 Å². The van der Waals surface area contributed by atoms with Gasteiger partial charge in [0.05, 0.1) is 11.7 Å². The van der Waals surface area contributed by atoms with Gasteiger partial charge in [0.1, 0.15) is 6.33 Å². The Hall–Kier alpha value is -2.58. The number of nitrogens with zero attached hydrogens (tertiary/aromatic N) is 4. The molecule has 3 N–H and O–H groups in total. The van der Waals surface area contributed by atoms with Crippen LogP contribution in [0.4, 0.5) is 8.78 Å². The number of halogens is 2. The van der Waals surface area contributed by atoms with Gasteiger partial charge < -0.3 is 11.2 Å². The van der Waals surface area contributed by atoms with Gasteiger partial charge in [-0.3, -0.25) is 9.58 Å². The van der Waals surface area contributed by atoms with E-state index in [1.165, 1.54) is 12.1 Å². The number of hydrogen-bond donors (Lipinski definition) is 2. The van der Waals surface area contributed by atoms with E-state index in [2.05, 4.69) is 20.3 Å². The molecular formula is C20H24F2N6. The smallest absolute Gasteiger partial charge is 0.162 e. The number of rotatable bonds is 5. The van der Waals surface area contributed by atoms with Crippen LogP contribution in [0.2, 0.25) is 0 Å². The van der Waals surface area contributed by atoms with Crippen LogP contribution in [0.1, 0.15) is 30.1 Å². The van der Waals surface area contributed by atoms with Gasteiger partial charge in [-0.1, -0.05) is 6.07 Å². The average molecular weight is 386 g/mol. The molecule has 3 aliphatic heterocycles. The molecule has 6 nitrogen and oxygen atoms in total. The van der Waals surface area contributed by atoms with Gasteiger partial charge in [0.2, 0.25) is 0 Å². The zero-order valence-corrected chi connectivity index (χ0v) is 15.8. The molecule has 1 aromatic carbocycles. The number of hydrogen-bond acceptors (Lipinski definition) is 5. The Bertz CT molecular complexity index is 919. The van der Waals surface area contributed by atoms with Crippen molar-refractivity contribution in [1.29, 1.82) is 0 Å². The van der Waals surface area contributed by atoms with Crippen molar-refractivity contribution in [2.75, 3.05) is 25.6 Å². The summed E-state index contributed by atoms with van der Waals surface area (Å²) < 4.78 is 28.4. The first-order valence-corrected chi connectivity index (χ1v) is 9.48. The van der Waals surface area contributed by atoms with E-state index in [1.54, 1.807) is 18.6 Å². The lowest BCUT2D eigenvalue weighted by atomic mass is 9.86. The molecular weight excluding hydrogens is 362 g/mol. The fourth-order valence-electron chi connectivity index (χ4n) is 4.04. The number of piperidine rings is 1. The van der Waals surface area contributed by atoms with Crippen molar-refractivity contribution < 1.29 is 8.78 Å². The molecule has 1 fully saturated rings. The van der Waals surface area contributed by atoms with Crippen LogP contribution < -0.4 is 11.2 Å². The van der Waals surface area contributed by atoms with Crippen molar-refractivity contribution >= 4 is 0 Å². The number of nitrogens with two attached hydrogens (primary N) is 1. The highest BCUT2D eigenvalue weighted by atomic mass is 19.2. The van der Waals surface area contributed by atoms with Crippen LogP contribution in [0.3, 0.4) is 0 Å². The van der Waals surface area contributed by atoms with E-state index in [1.807, 2.05) is 17.8 Å². The summed E-state index contributed by atoms with van der Waals surface area (Å²) in [6, 6.07) is 5.91. The van der Waals surface area contributed by atoms with E-state index >= 15 is 0 Å². The summed E-state index contributed by atoms with van der Waals surface area (Å²) in [7, 11) is 1.84. The average Bonchev–Trinajstić information content (AvgIpc) is 3.19. The molecule has 3 heterocycles. The number of nitrogens with one attached hydrogen (secondary N) is 1. The first-order valence-electron chi connectivity index (χ1n) is 9.48. The maximum atomic E-state index is 13.4. The molecule has 3 aliphatic rings. The van der Waals surface area contributed by atoms with Crippen molar-refractivity contribution in [2.24, 2.45) is 11.7 Å². The van der Waals surface area contributed by atoms with Crippen LogP contribution in [0.5, 0.6) is 0 Å². The number of likely N-dealkylation sites (tertiary alicyclic amines) is 1. The zero-order valence-electron chi connectivity index (χ0n) is 15.8. The van der Waals surface area contributed by atoms with Crippen molar-refractivity contribution in [3.05, 3.63) is 59.7 Å². The molecule has 0 aromatic heterocycles. The van der Waals surface area contributed by atoms with E-state index < -0.39 is 11.6 Å². The van der Waals surface area contributed by atoms with Crippen LogP contribution in [-0.4, -0.2) is 39.7 Å².